The summed E-state index contributed by atoms with van der Waals surface area (Å²) in [7, 11) is 0. The van der Waals surface area contributed by atoms with Gasteiger partial charge in [0.2, 0.25) is 0 Å². The van der Waals surface area contributed by atoms with Gasteiger partial charge in [-0.15, -0.1) is 0 Å². The molecule has 0 radical (unpaired) electrons. The fourth-order valence-corrected chi connectivity index (χ4v) is 1.24. The number of aliphatic hydroxyl groups is 1. The van der Waals surface area contributed by atoms with Gasteiger partial charge in [0, 0.05) is 13.0 Å². The van der Waals surface area contributed by atoms with Crippen molar-refractivity contribution in [3.05, 3.63) is 23.7 Å². The molecule has 0 aliphatic carbocycles. The molecule has 0 aliphatic rings. The van der Waals surface area contributed by atoms with Gasteiger partial charge in [0.05, 0.1) is 5.60 Å². The summed E-state index contributed by atoms with van der Waals surface area (Å²) in [5, 5.41) is 12.7. The van der Waals surface area contributed by atoms with Crippen molar-refractivity contribution >= 4 is 5.91 Å². The molecule has 1 heterocycles. The molecule has 1 aromatic rings. The molecule has 0 aliphatic heterocycles. The Bertz CT molecular complexity index is 380. The first kappa shape index (κ1) is 13.8. The van der Waals surface area contributed by atoms with Crippen molar-refractivity contribution in [3.63, 3.8) is 0 Å². The van der Waals surface area contributed by atoms with Gasteiger partial charge >= 0.3 is 0 Å². The molecule has 0 spiro atoms. The van der Waals surface area contributed by atoms with Crippen LogP contribution in [-0.4, -0.2) is 23.2 Å². The Morgan fingerprint density at radius 3 is 2.65 bits per heavy atom. The van der Waals surface area contributed by atoms with Crippen LogP contribution in [0.5, 0.6) is 0 Å². The maximum Gasteiger partial charge on any atom is 0.287 e. The van der Waals surface area contributed by atoms with Crippen LogP contribution in [0, 0.1) is 5.92 Å². The topological polar surface area (TPSA) is 62.5 Å². The van der Waals surface area contributed by atoms with Crippen LogP contribution in [0.15, 0.2) is 16.5 Å². The van der Waals surface area contributed by atoms with Crippen molar-refractivity contribution in [1.29, 1.82) is 0 Å². The molecular weight excluding hydrogens is 218 g/mol. The molecule has 1 aromatic heterocycles. The monoisotopic (exact) mass is 239 g/mol. The van der Waals surface area contributed by atoms with E-state index in [2.05, 4.69) is 5.32 Å². The number of furan rings is 1. The predicted octanol–water partition coefficient (Wildman–Crippen LogP) is 1.98. The zero-order valence-electron chi connectivity index (χ0n) is 10.9. The number of carbonyl (C=O) groups is 1. The number of carbonyl (C=O) groups excluding carboxylic acids is 1. The maximum atomic E-state index is 11.7. The molecule has 1 amide bonds. The lowest BCUT2D eigenvalue weighted by molar-refractivity contribution is 0.0139. The highest BCUT2D eigenvalue weighted by Gasteiger charge is 2.26. The number of amides is 1. The average Bonchev–Trinajstić information content (AvgIpc) is 2.74. The zero-order valence-corrected chi connectivity index (χ0v) is 10.9. The van der Waals surface area contributed by atoms with Crippen molar-refractivity contribution in [2.75, 3.05) is 6.54 Å². The number of hydrogen-bond donors (Lipinski definition) is 2. The standard InChI is InChI=1S/C13H21NO3/c1-5-10-6-7-11(17-10)12(15)14-8-13(4,16)9(2)3/h6-7,9,16H,5,8H2,1-4H3,(H,14,15). The molecule has 0 saturated carbocycles. The van der Waals surface area contributed by atoms with Gasteiger partial charge in [-0.3, -0.25) is 4.79 Å². The highest BCUT2D eigenvalue weighted by molar-refractivity contribution is 5.91. The van der Waals surface area contributed by atoms with E-state index >= 15 is 0 Å². The van der Waals surface area contributed by atoms with E-state index in [1.807, 2.05) is 20.8 Å². The van der Waals surface area contributed by atoms with Crippen molar-refractivity contribution in [2.45, 2.75) is 39.7 Å². The van der Waals surface area contributed by atoms with Gasteiger partial charge in [0.1, 0.15) is 5.76 Å². The smallest absolute Gasteiger partial charge is 0.287 e. The van der Waals surface area contributed by atoms with Gasteiger partial charge in [0.15, 0.2) is 5.76 Å². The number of nitrogens with one attached hydrogen (secondary N) is 1. The molecule has 0 aromatic carbocycles. The van der Waals surface area contributed by atoms with Crippen molar-refractivity contribution in [3.8, 4) is 0 Å². The fourth-order valence-electron chi connectivity index (χ4n) is 1.24. The summed E-state index contributed by atoms with van der Waals surface area (Å²) in [6.07, 6.45) is 0.761. The highest BCUT2D eigenvalue weighted by Crippen LogP contribution is 2.15. The van der Waals surface area contributed by atoms with Crippen LogP contribution in [0.3, 0.4) is 0 Å². The Morgan fingerprint density at radius 1 is 1.53 bits per heavy atom. The van der Waals surface area contributed by atoms with Gasteiger partial charge in [-0.25, -0.2) is 0 Å². The Kier molecular flexibility index (Phi) is 4.34. The largest absolute Gasteiger partial charge is 0.456 e. The molecule has 96 valence electrons. The van der Waals surface area contributed by atoms with Crippen molar-refractivity contribution < 1.29 is 14.3 Å². The summed E-state index contributed by atoms with van der Waals surface area (Å²) < 4.78 is 5.33. The van der Waals surface area contributed by atoms with Gasteiger partial charge in [-0.1, -0.05) is 20.8 Å². The van der Waals surface area contributed by atoms with E-state index in [-0.39, 0.29) is 18.4 Å². The lowest BCUT2D eigenvalue weighted by Crippen LogP contribution is -2.44. The third-order valence-corrected chi connectivity index (χ3v) is 3.08. The number of aryl methyl sites for hydroxylation is 1. The van der Waals surface area contributed by atoms with E-state index in [1.165, 1.54) is 0 Å². The van der Waals surface area contributed by atoms with Crippen LogP contribution >= 0.6 is 0 Å². The molecule has 0 fully saturated rings. The van der Waals surface area contributed by atoms with Crippen LogP contribution in [-0.2, 0) is 6.42 Å². The molecule has 1 atom stereocenters. The van der Waals surface area contributed by atoms with E-state index in [4.69, 9.17) is 4.42 Å². The maximum absolute atomic E-state index is 11.7. The van der Waals surface area contributed by atoms with Crippen molar-refractivity contribution in [1.82, 2.24) is 5.32 Å². The number of hydrogen-bond acceptors (Lipinski definition) is 3. The average molecular weight is 239 g/mol. The van der Waals surface area contributed by atoms with Gasteiger partial charge in [-0.05, 0) is 25.0 Å². The molecule has 0 saturated heterocycles. The second-order valence-electron chi connectivity index (χ2n) is 4.81. The fraction of sp³-hybridized carbons (Fsp3) is 0.615. The second-order valence-corrected chi connectivity index (χ2v) is 4.81. The van der Waals surface area contributed by atoms with Gasteiger partial charge in [-0.2, -0.15) is 0 Å². The summed E-state index contributed by atoms with van der Waals surface area (Å²) in [5.41, 5.74) is -0.907. The molecule has 17 heavy (non-hydrogen) atoms. The van der Waals surface area contributed by atoms with E-state index in [9.17, 15) is 9.90 Å². The normalized spacial score (nSPS) is 14.7. The molecule has 1 unspecified atom stereocenters. The molecule has 4 heteroatoms. The molecule has 2 N–H and O–H groups in total. The quantitative estimate of drug-likeness (QED) is 0.826. The second kappa shape index (κ2) is 5.36. The summed E-state index contributed by atoms with van der Waals surface area (Å²) in [5.74, 6) is 0.864. The summed E-state index contributed by atoms with van der Waals surface area (Å²) in [4.78, 5) is 11.7. The summed E-state index contributed by atoms with van der Waals surface area (Å²) in [6.45, 7) is 7.70. The summed E-state index contributed by atoms with van der Waals surface area (Å²) >= 11 is 0. The van der Waals surface area contributed by atoms with Crippen LogP contribution in [0.25, 0.3) is 0 Å². The SMILES string of the molecule is CCc1ccc(C(=O)NCC(C)(O)C(C)C)o1. The predicted molar refractivity (Wildman–Crippen MR) is 65.9 cm³/mol. The van der Waals surface area contributed by atoms with Crippen LogP contribution in [0.2, 0.25) is 0 Å². The van der Waals surface area contributed by atoms with Crippen LogP contribution < -0.4 is 5.32 Å². The number of rotatable bonds is 5. The van der Waals surface area contributed by atoms with E-state index < -0.39 is 5.60 Å². The van der Waals surface area contributed by atoms with Crippen LogP contribution in [0.4, 0.5) is 0 Å². The first-order valence-corrected chi connectivity index (χ1v) is 5.96. The Morgan fingerprint density at radius 2 is 2.18 bits per heavy atom. The first-order valence-electron chi connectivity index (χ1n) is 5.96. The van der Waals surface area contributed by atoms with E-state index in [0.29, 0.717) is 5.76 Å². The Hall–Kier alpha value is -1.29. The lowest BCUT2D eigenvalue weighted by atomic mass is 9.92. The lowest BCUT2D eigenvalue weighted by Gasteiger charge is -2.27. The first-order chi connectivity index (χ1) is 7.86. The van der Waals surface area contributed by atoms with Crippen molar-refractivity contribution in [2.24, 2.45) is 5.92 Å². The molecule has 0 bridgehead atoms. The minimum atomic E-state index is -0.907. The highest BCUT2D eigenvalue weighted by atomic mass is 16.3. The Labute approximate surface area is 102 Å². The minimum absolute atomic E-state index is 0.0746. The molecule has 4 nitrogen and oxygen atoms in total. The van der Waals surface area contributed by atoms with Crippen LogP contribution in [0.1, 0.15) is 44.0 Å². The van der Waals surface area contributed by atoms with Gasteiger partial charge in [0.25, 0.3) is 5.91 Å². The summed E-state index contributed by atoms with van der Waals surface area (Å²) in [6, 6.07) is 3.44. The van der Waals surface area contributed by atoms with E-state index in [0.717, 1.165) is 12.2 Å². The zero-order chi connectivity index (χ0) is 13.1. The van der Waals surface area contributed by atoms with Gasteiger partial charge < -0.3 is 14.8 Å². The Balaban J connectivity index is 2.56. The minimum Gasteiger partial charge on any atom is -0.456 e. The third-order valence-electron chi connectivity index (χ3n) is 3.08. The molecule has 1 rings (SSSR count). The van der Waals surface area contributed by atoms with E-state index in [1.54, 1.807) is 19.1 Å². The third kappa shape index (κ3) is 3.60. The molecular formula is C13H21NO3.